The molecule has 0 radical (unpaired) electrons. The summed E-state index contributed by atoms with van der Waals surface area (Å²) in [5, 5.41) is 0.264. The zero-order valence-corrected chi connectivity index (χ0v) is 7.83. The van der Waals surface area contributed by atoms with Crippen molar-refractivity contribution in [2.24, 2.45) is 0 Å². The number of halogens is 4. The fourth-order valence-corrected chi connectivity index (χ4v) is 1.49. The average Bonchev–Trinajstić information content (AvgIpc) is 2.04. The number of hydrogen-bond acceptors (Lipinski definition) is 2. The predicted octanol–water partition coefficient (Wildman–Crippen LogP) is 3.30. The van der Waals surface area contributed by atoms with Gasteiger partial charge in [-0.1, -0.05) is 17.8 Å². The first-order valence-electron chi connectivity index (χ1n) is 3.28. The van der Waals surface area contributed by atoms with Crippen molar-refractivity contribution in [3.05, 3.63) is 24.4 Å². The lowest BCUT2D eigenvalue weighted by Crippen LogP contribution is -2.19. The highest BCUT2D eigenvalue weighted by Crippen LogP contribution is 2.36. The summed E-state index contributed by atoms with van der Waals surface area (Å²) in [6, 6.07) is 4.71. The van der Waals surface area contributed by atoms with Crippen LogP contribution in [-0.2, 0) is 0 Å². The molecule has 13 heavy (non-hydrogen) atoms. The maximum absolute atomic E-state index is 12.0. The van der Waals surface area contributed by atoms with Crippen LogP contribution in [0.15, 0.2) is 29.4 Å². The van der Waals surface area contributed by atoms with E-state index >= 15 is 0 Å². The maximum Gasteiger partial charge on any atom is 0.414 e. The van der Waals surface area contributed by atoms with Gasteiger partial charge in [0.1, 0.15) is 0 Å². The van der Waals surface area contributed by atoms with Crippen molar-refractivity contribution >= 4 is 23.4 Å². The van der Waals surface area contributed by atoms with E-state index in [1.54, 1.807) is 12.1 Å². The van der Waals surface area contributed by atoms with Crippen LogP contribution in [0, 0.1) is 0 Å². The van der Waals surface area contributed by atoms with E-state index in [9.17, 15) is 13.2 Å². The van der Waals surface area contributed by atoms with Gasteiger partial charge in [-0.15, -0.1) is 11.6 Å². The van der Waals surface area contributed by atoms with Gasteiger partial charge in [-0.05, 0) is 12.1 Å². The van der Waals surface area contributed by atoms with Crippen LogP contribution in [0.2, 0.25) is 0 Å². The first-order valence-corrected chi connectivity index (χ1v) is 4.60. The van der Waals surface area contributed by atoms with Crippen LogP contribution in [0.4, 0.5) is 13.2 Å². The molecule has 1 rings (SSSR count). The van der Waals surface area contributed by atoms with E-state index < -0.39 is 10.9 Å². The minimum atomic E-state index is -4.40. The lowest BCUT2D eigenvalue weighted by molar-refractivity contribution is -0.113. The molecule has 0 unspecified atom stereocenters. The number of nitrogens with zero attached hydrogens (tertiary/aromatic N) is 1. The Balaban J connectivity index is 2.61. The molecule has 1 aromatic heterocycles. The van der Waals surface area contributed by atoms with E-state index in [4.69, 9.17) is 11.6 Å². The monoisotopic (exact) mass is 227 g/mol. The van der Waals surface area contributed by atoms with Crippen molar-refractivity contribution in [3.8, 4) is 0 Å². The second-order valence-corrected chi connectivity index (χ2v) is 3.96. The lowest BCUT2D eigenvalue weighted by Gasteiger charge is -2.11. The van der Waals surface area contributed by atoms with Gasteiger partial charge < -0.3 is 0 Å². The molecule has 6 heteroatoms. The molecule has 1 aromatic rings. The minimum absolute atomic E-state index is 0.264. The van der Waals surface area contributed by atoms with Crippen molar-refractivity contribution in [1.82, 2.24) is 4.98 Å². The van der Waals surface area contributed by atoms with E-state index in [0.717, 1.165) is 0 Å². The summed E-state index contributed by atoms with van der Waals surface area (Å²) in [4.78, 5) is 3.71. The topological polar surface area (TPSA) is 12.9 Å². The summed E-state index contributed by atoms with van der Waals surface area (Å²) in [6.07, 6.45) is -2.98. The molecule has 0 saturated carbocycles. The smallest absolute Gasteiger partial charge is 0.250 e. The predicted molar refractivity (Wildman–Crippen MR) is 45.8 cm³/mol. The van der Waals surface area contributed by atoms with Gasteiger partial charge in [0.25, 0.3) is 0 Å². The standard InChI is InChI=1S/C7H5ClF3NS/c8-6(7(9,10)11)13-5-3-1-2-4-12-5/h1-4,6H/t6-/m0/s1. The first-order chi connectivity index (χ1) is 6.00. The molecule has 0 aliphatic heterocycles. The van der Waals surface area contributed by atoms with Gasteiger partial charge in [-0.25, -0.2) is 4.98 Å². The van der Waals surface area contributed by atoms with Crippen LogP contribution in [0.3, 0.4) is 0 Å². The second-order valence-electron chi connectivity index (χ2n) is 2.14. The number of hydrogen-bond donors (Lipinski definition) is 0. The Morgan fingerprint density at radius 2 is 2.08 bits per heavy atom. The molecule has 72 valence electrons. The molecule has 1 nitrogen and oxygen atoms in total. The molecule has 0 amide bonds. The molecular weight excluding hydrogens is 223 g/mol. The highest BCUT2D eigenvalue weighted by Gasteiger charge is 2.39. The van der Waals surface area contributed by atoms with Crippen LogP contribution in [0.1, 0.15) is 0 Å². The molecule has 0 spiro atoms. The second kappa shape index (κ2) is 4.19. The van der Waals surface area contributed by atoms with Gasteiger partial charge in [0.2, 0.25) is 0 Å². The van der Waals surface area contributed by atoms with Crippen molar-refractivity contribution in [2.75, 3.05) is 0 Å². The van der Waals surface area contributed by atoms with Crippen molar-refractivity contribution in [2.45, 2.75) is 15.9 Å². The molecule has 0 aliphatic carbocycles. The number of rotatable bonds is 2. The van der Waals surface area contributed by atoms with E-state index in [1.807, 2.05) is 0 Å². The molecule has 0 bridgehead atoms. The molecule has 0 saturated heterocycles. The third kappa shape index (κ3) is 3.44. The summed E-state index contributed by atoms with van der Waals surface area (Å²) in [6.45, 7) is 0. The van der Waals surface area contributed by atoms with Gasteiger partial charge in [0.05, 0.1) is 5.03 Å². The van der Waals surface area contributed by atoms with E-state index in [2.05, 4.69) is 4.98 Å². The Hall–Kier alpha value is -0.420. The minimum Gasteiger partial charge on any atom is -0.250 e. The van der Waals surface area contributed by atoms with Gasteiger partial charge in [-0.2, -0.15) is 13.2 Å². The highest BCUT2D eigenvalue weighted by molar-refractivity contribution is 8.01. The maximum atomic E-state index is 12.0. The van der Waals surface area contributed by atoms with Gasteiger partial charge in [0.15, 0.2) is 4.71 Å². The molecule has 0 aromatic carbocycles. The Kier molecular flexibility index (Phi) is 3.44. The fraction of sp³-hybridized carbons (Fsp3) is 0.286. The average molecular weight is 228 g/mol. The Bertz CT molecular complexity index is 264. The molecule has 1 heterocycles. The van der Waals surface area contributed by atoms with Crippen LogP contribution in [0.5, 0.6) is 0 Å². The SMILES string of the molecule is FC(F)(F)[C@@H](Cl)Sc1ccccn1. The quantitative estimate of drug-likeness (QED) is 0.568. The van der Waals surface area contributed by atoms with Crippen LogP contribution >= 0.6 is 23.4 Å². The fourth-order valence-electron chi connectivity index (χ4n) is 0.590. The largest absolute Gasteiger partial charge is 0.414 e. The third-order valence-corrected chi connectivity index (χ3v) is 2.59. The first kappa shape index (κ1) is 10.7. The summed E-state index contributed by atoms with van der Waals surface area (Å²) in [5.74, 6) is 0. The van der Waals surface area contributed by atoms with Crippen LogP contribution in [-0.4, -0.2) is 15.9 Å². The Morgan fingerprint density at radius 3 is 2.54 bits per heavy atom. The zero-order chi connectivity index (χ0) is 9.90. The summed E-state index contributed by atoms with van der Waals surface area (Å²) < 4.78 is 33.9. The van der Waals surface area contributed by atoms with Crippen molar-refractivity contribution < 1.29 is 13.2 Å². The summed E-state index contributed by atoms with van der Waals surface area (Å²) in [5.41, 5.74) is 0. The Morgan fingerprint density at radius 1 is 1.38 bits per heavy atom. The lowest BCUT2D eigenvalue weighted by atomic mass is 10.5. The summed E-state index contributed by atoms with van der Waals surface area (Å²) >= 11 is 5.57. The van der Waals surface area contributed by atoms with Crippen LogP contribution < -0.4 is 0 Å². The number of pyridine rings is 1. The zero-order valence-electron chi connectivity index (χ0n) is 6.25. The molecular formula is C7H5ClF3NS. The van der Waals surface area contributed by atoms with Gasteiger partial charge >= 0.3 is 6.18 Å². The molecule has 0 fully saturated rings. The van der Waals surface area contributed by atoms with E-state index in [1.165, 1.54) is 12.3 Å². The van der Waals surface area contributed by atoms with E-state index in [0.29, 0.717) is 11.8 Å². The highest BCUT2D eigenvalue weighted by atomic mass is 35.5. The molecule has 0 N–H and O–H groups in total. The van der Waals surface area contributed by atoms with Crippen LogP contribution in [0.25, 0.3) is 0 Å². The molecule has 1 atom stereocenters. The number of alkyl halides is 4. The van der Waals surface area contributed by atoms with Gasteiger partial charge in [-0.3, -0.25) is 0 Å². The normalized spacial score (nSPS) is 14.2. The van der Waals surface area contributed by atoms with Crippen molar-refractivity contribution in [3.63, 3.8) is 0 Å². The van der Waals surface area contributed by atoms with Gasteiger partial charge in [0, 0.05) is 6.20 Å². The third-order valence-electron chi connectivity index (χ3n) is 1.12. The van der Waals surface area contributed by atoms with E-state index in [-0.39, 0.29) is 5.03 Å². The Labute approximate surface area is 82.3 Å². The number of aromatic nitrogens is 1. The summed E-state index contributed by atoms with van der Waals surface area (Å²) in [7, 11) is 0. The van der Waals surface area contributed by atoms with Crippen molar-refractivity contribution in [1.29, 1.82) is 0 Å². The number of thioether (sulfide) groups is 1. The molecule has 0 aliphatic rings.